The van der Waals surface area contributed by atoms with E-state index in [4.69, 9.17) is 4.74 Å². The normalized spacial score (nSPS) is 17.5. The predicted octanol–water partition coefficient (Wildman–Crippen LogP) is 4.51. The SMILES string of the molecule is COc1cc(C2C(=C(O)c3nc4c(C)cccn4c3C)C(=O)C(=O)N2c2nccs2)cc(Br)c1O. The number of carbonyl (C=O) groups is 2. The van der Waals surface area contributed by atoms with Crippen molar-refractivity contribution in [2.45, 2.75) is 19.9 Å². The number of ketones is 1. The van der Waals surface area contributed by atoms with Gasteiger partial charge in [0.15, 0.2) is 22.4 Å². The average Bonchev–Trinajstić information content (AvgIpc) is 3.54. The number of methoxy groups -OCH3 is 1. The van der Waals surface area contributed by atoms with Crippen molar-refractivity contribution in [3.8, 4) is 11.5 Å². The lowest BCUT2D eigenvalue weighted by molar-refractivity contribution is -0.132. The molecule has 11 heteroatoms. The van der Waals surface area contributed by atoms with Crippen molar-refractivity contribution in [2.24, 2.45) is 0 Å². The summed E-state index contributed by atoms with van der Waals surface area (Å²) in [5, 5.41) is 23.8. The van der Waals surface area contributed by atoms with Gasteiger partial charge in [-0.25, -0.2) is 9.97 Å². The van der Waals surface area contributed by atoms with Crippen molar-refractivity contribution in [1.82, 2.24) is 14.4 Å². The molecule has 178 valence electrons. The molecule has 1 aliphatic heterocycles. The van der Waals surface area contributed by atoms with E-state index in [0.717, 1.165) is 5.56 Å². The maximum absolute atomic E-state index is 13.4. The fraction of sp³-hybridized carbons (Fsp3) is 0.167. The van der Waals surface area contributed by atoms with Crippen molar-refractivity contribution in [1.29, 1.82) is 0 Å². The van der Waals surface area contributed by atoms with E-state index < -0.39 is 23.5 Å². The molecule has 4 aromatic rings. The minimum Gasteiger partial charge on any atom is -0.505 e. The molecular formula is C24H19BrN4O5S. The Morgan fingerprint density at radius 1 is 1.26 bits per heavy atom. The lowest BCUT2D eigenvalue weighted by atomic mass is 9.96. The number of aromatic hydroxyl groups is 1. The maximum Gasteiger partial charge on any atom is 0.301 e. The number of pyridine rings is 1. The van der Waals surface area contributed by atoms with Gasteiger partial charge in [0.2, 0.25) is 0 Å². The number of nitrogens with zero attached hydrogens (tertiary/aromatic N) is 4. The van der Waals surface area contributed by atoms with Gasteiger partial charge in [-0.1, -0.05) is 6.07 Å². The minimum absolute atomic E-state index is 0.130. The second kappa shape index (κ2) is 8.51. The average molecular weight is 555 g/mol. The number of amides is 1. The molecule has 1 atom stereocenters. The molecule has 1 saturated heterocycles. The predicted molar refractivity (Wildman–Crippen MR) is 134 cm³/mol. The summed E-state index contributed by atoms with van der Waals surface area (Å²) >= 11 is 4.49. The van der Waals surface area contributed by atoms with Crippen LogP contribution in [0, 0.1) is 13.8 Å². The zero-order chi connectivity index (χ0) is 25.0. The summed E-state index contributed by atoms with van der Waals surface area (Å²) in [5.74, 6) is -2.07. The molecule has 3 aromatic heterocycles. The molecule has 1 aromatic carbocycles. The maximum atomic E-state index is 13.4. The molecule has 1 aliphatic rings. The van der Waals surface area contributed by atoms with Crippen LogP contribution in [0.5, 0.6) is 11.5 Å². The number of phenols is 1. The molecule has 5 rings (SSSR count). The number of hydrogen-bond acceptors (Lipinski definition) is 8. The third-order valence-electron chi connectivity index (χ3n) is 5.96. The van der Waals surface area contributed by atoms with Gasteiger partial charge in [-0.05, 0) is 59.1 Å². The Morgan fingerprint density at radius 3 is 2.69 bits per heavy atom. The number of benzene rings is 1. The number of aliphatic hydroxyl groups is 1. The number of ether oxygens (including phenoxy) is 1. The van der Waals surface area contributed by atoms with Gasteiger partial charge in [0, 0.05) is 17.8 Å². The van der Waals surface area contributed by atoms with E-state index in [1.165, 1.54) is 35.6 Å². The van der Waals surface area contributed by atoms with Crippen molar-refractivity contribution >= 4 is 55.5 Å². The first kappa shape index (κ1) is 23.1. The lowest BCUT2D eigenvalue weighted by Crippen LogP contribution is -2.29. The smallest absolute Gasteiger partial charge is 0.301 e. The van der Waals surface area contributed by atoms with E-state index in [0.29, 0.717) is 26.5 Å². The first-order valence-electron chi connectivity index (χ1n) is 10.5. The first-order valence-corrected chi connectivity index (χ1v) is 12.1. The lowest BCUT2D eigenvalue weighted by Gasteiger charge is -2.23. The topological polar surface area (TPSA) is 117 Å². The van der Waals surface area contributed by atoms with Crippen LogP contribution in [-0.4, -0.2) is 43.4 Å². The van der Waals surface area contributed by atoms with Gasteiger partial charge >= 0.3 is 5.91 Å². The van der Waals surface area contributed by atoms with E-state index >= 15 is 0 Å². The summed E-state index contributed by atoms with van der Waals surface area (Å²) in [6.45, 7) is 3.67. The van der Waals surface area contributed by atoms with Gasteiger partial charge in [-0.3, -0.25) is 14.5 Å². The molecule has 1 fully saturated rings. The minimum atomic E-state index is -1.03. The molecule has 0 spiro atoms. The van der Waals surface area contributed by atoms with Gasteiger partial charge in [-0.15, -0.1) is 11.3 Å². The Morgan fingerprint density at radius 2 is 2.03 bits per heavy atom. The number of carbonyl (C=O) groups excluding carboxylic acids is 2. The fourth-order valence-corrected chi connectivity index (χ4v) is 5.39. The number of aromatic nitrogens is 3. The Balaban J connectivity index is 1.80. The first-order chi connectivity index (χ1) is 16.7. The summed E-state index contributed by atoms with van der Waals surface area (Å²) in [6.07, 6.45) is 3.34. The van der Waals surface area contributed by atoms with Crippen molar-refractivity contribution in [3.05, 3.63) is 74.6 Å². The standard InChI is InChI=1S/C24H19BrN4O5S/c1-11-5-4-7-28-12(2)17(27-22(11)28)20(31)16-18(13-9-14(25)19(30)15(10-13)34-3)29(23(33)21(16)32)24-26-6-8-35-24/h4-10,18,30-31H,1-3H3. The number of hydrogen-bond donors (Lipinski definition) is 2. The monoisotopic (exact) mass is 554 g/mol. The van der Waals surface area contributed by atoms with Crippen LogP contribution in [0.15, 0.2) is 52.1 Å². The summed E-state index contributed by atoms with van der Waals surface area (Å²) in [4.78, 5) is 36.6. The highest BCUT2D eigenvalue weighted by Gasteiger charge is 2.48. The van der Waals surface area contributed by atoms with Crippen molar-refractivity contribution in [2.75, 3.05) is 12.0 Å². The number of rotatable bonds is 4. The molecule has 2 N–H and O–H groups in total. The van der Waals surface area contributed by atoms with Crippen LogP contribution in [0.3, 0.4) is 0 Å². The molecule has 1 unspecified atom stereocenters. The van der Waals surface area contributed by atoms with Crippen LogP contribution in [0.2, 0.25) is 0 Å². The third kappa shape index (κ3) is 3.50. The van der Waals surface area contributed by atoms with E-state index in [1.54, 1.807) is 18.4 Å². The van der Waals surface area contributed by atoms with Gasteiger partial charge in [0.05, 0.1) is 28.9 Å². The number of fused-ring (bicyclic) bond motifs is 1. The van der Waals surface area contributed by atoms with Gasteiger partial charge in [-0.2, -0.15) is 0 Å². The summed E-state index contributed by atoms with van der Waals surface area (Å²) in [7, 11) is 1.39. The van der Waals surface area contributed by atoms with Gasteiger partial charge in [0.1, 0.15) is 11.3 Å². The molecule has 9 nitrogen and oxygen atoms in total. The summed E-state index contributed by atoms with van der Waals surface area (Å²) in [6, 6.07) is 5.82. The van der Waals surface area contributed by atoms with Crippen molar-refractivity contribution < 1.29 is 24.5 Å². The quantitative estimate of drug-likeness (QED) is 0.216. The van der Waals surface area contributed by atoms with Crippen LogP contribution >= 0.6 is 27.3 Å². The number of aryl methyl sites for hydroxylation is 2. The number of thiazole rings is 1. The molecule has 0 bridgehead atoms. The zero-order valence-electron chi connectivity index (χ0n) is 18.8. The van der Waals surface area contributed by atoms with Crippen LogP contribution in [0.4, 0.5) is 5.13 Å². The molecule has 0 aliphatic carbocycles. The largest absolute Gasteiger partial charge is 0.505 e. The van der Waals surface area contributed by atoms with E-state index in [9.17, 15) is 19.8 Å². The third-order valence-corrected chi connectivity index (χ3v) is 7.34. The second-order valence-corrected chi connectivity index (χ2v) is 9.70. The Labute approximate surface area is 212 Å². The highest BCUT2D eigenvalue weighted by molar-refractivity contribution is 9.10. The fourth-order valence-electron chi connectivity index (χ4n) is 4.26. The number of phenolic OH excluding ortho intramolecular Hbond substituents is 1. The van der Waals surface area contributed by atoms with E-state index in [-0.39, 0.29) is 22.8 Å². The van der Waals surface area contributed by atoms with Crippen LogP contribution < -0.4 is 9.64 Å². The second-order valence-electron chi connectivity index (χ2n) is 7.97. The highest BCUT2D eigenvalue weighted by atomic mass is 79.9. The number of Topliss-reactive ketones (excluding diaryl/α,β-unsaturated/α-hetero) is 1. The number of anilines is 1. The zero-order valence-corrected chi connectivity index (χ0v) is 21.2. The van der Waals surface area contributed by atoms with Crippen molar-refractivity contribution in [3.63, 3.8) is 0 Å². The number of aliphatic hydroxyl groups excluding tert-OH is 1. The molecule has 0 saturated carbocycles. The van der Waals surface area contributed by atoms with Gasteiger partial charge < -0.3 is 19.4 Å². The Hall–Kier alpha value is -3.70. The Kier molecular flexibility index (Phi) is 5.60. The van der Waals surface area contributed by atoms with E-state index in [1.807, 2.05) is 29.7 Å². The Bertz CT molecular complexity index is 1540. The van der Waals surface area contributed by atoms with Crippen LogP contribution in [0.25, 0.3) is 11.4 Å². The highest BCUT2D eigenvalue weighted by Crippen LogP contribution is 2.46. The molecule has 0 radical (unpaired) electrons. The van der Waals surface area contributed by atoms with Gasteiger partial charge in [0.25, 0.3) is 5.78 Å². The van der Waals surface area contributed by atoms with Crippen LogP contribution in [0.1, 0.15) is 28.6 Å². The molecule has 35 heavy (non-hydrogen) atoms. The molecule has 1 amide bonds. The number of imidazole rings is 1. The summed E-state index contributed by atoms with van der Waals surface area (Å²) < 4.78 is 7.40. The summed E-state index contributed by atoms with van der Waals surface area (Å²) in [5.41, 5.74) is 2.64. The van der Waals surface area contributed by atoms with E-state index in [2.05, 4.69) is 25.9 Å². The molecular weight excluding hydrogens is 536 g/mol. The van der Waals surface area contributed by atoms with Crippen LogP contribution in [-0.2, 0) is 9.59 Å². The molecule has 4 heterocycles. The number of halogens is 1.